The molecule has 1 atom stereocenters. The topological polar surface area (TPSA) is 59.5 Å². The maximum Gasteiger partial charge on any atom is 0.222 e. The first-order valence-corrected chi connectivity index (χ1v) is 5.30. The van der Waals surface area contributed by atoms with Gasteiger partial charge in [0.05, 0.1) is 12.8 Å². The van der Waals surface area contributed by atoms with Crippen LogP contribution in [0.4, 0.5) is 0 Å². The highest BCUT2D eigenvalue weighted by Crippen LogP contribution is 2.18. The van der Waals surface area contributed by atoms with Gasteiger partial charge in [-0.3, -0.25) is 4.79 Å². The molecule has 1 aliphatic rings. The Morgan fingerprint density at radius 1 is 1.60 bits per heavy atom. The Morgan fingerprint density at radius 3 is 3.13 bits per heavy atom. The number of carbonyl (C=O) groups excluding carboxylic acids is 1. The third-order valence-electron chi connectivity index (χ3n) is 2.86. The normalized spacial score (nSPS) is 22.1. The Bertz CT molecular complexity index is 321. The fourth-order valence-corrected chi connectivity index (χ4v) is 1.93. The van der Waals surface area contributed by atoms with Gasteiger partial charge in [-0.1, -0.05) is 0 Å². The summed E-state index contributed by atoms with van der Waals surface area (Å²) in [5.41, 5.74) is 5.62. The second-order valence-electron chi connectivity index (χ2n) is 3.99. The van der Waals surface area contributed by atoms with Crippen molar-refractivity contribution in [3.8, 4) is 0 Å². The summed E-state index contributed by atoms with van der Waals surface area (Å²) < 4.78 is 5.23. The monoisotopic (exact) mass is 208 g/mol. The summed E-state index contributed by atoms with van der Waals surface area (Å²) in [7, 11) is 0. The minimum absolute atomic E-state index is 0.205. The lowest BCUT2D eigenvalue weighted by atomic mass is 9.98. The first kappa shape index (κ1) is 10.2. The number of furan rings is 1. The molecule has 0 aliphatic carbocycles. The average Bonchev–Trinajstić information content (AvgIpc) is 2.74. The number of nitrogens with two attached hydrogens (primary N) is 1. The number of likely N-dealkylation sites (tertiary alicyclic amines) is 1. The van der Waals surface area contributed by atoms with E-state index in [-0.39, 0.29) is 5.91 Å². The molecule has 2 N–H and O–H groups in total. The number of carbonyl (C=O) groups is 1. The van der Waals surface area contributed by atoms with Crippen LogP contribution < -0.4 is 5.73 Å². The SMILES string of the molecule is NCC1CCC(=O)N(Cc2ccco2)C1. The molecule has 4 nitrogen and oxygen atoms in total. The van der Waals surface area contributed by atoms with Crippen molar-refractivity contribution in [3.63, 3.8) is 0 Å². The van der Waals surface area contributed by atoms with Crippen LogP contribution in [0.5, 0.6) is 0 Å². The average molecular weight is 208 g/mol. The van der Waals surface area contributed by atoms with Gasteiger partial charge in [-0.25, -0.2) is 0 Å². The molecule has 1 unspecified atom stereocenters. The molecule has 1 aliphatic heterocycles. The predicted molar refractivity (Wildman–Crippen MR) is 55.9 cm³/mol. The van der Waals surface area contributed by atoms with Gasteiger partial charge < -0.3 is 15.1 Å². The van der Waals surface area contributed by atoms with E-state index >= 15 is 0 Å². The smallest absolute Gasteiger partial charge is 0.222 e. The molecule has 0 bridgehead atoms. The summed E-state index contributed by atoms with van der Waals surface area (Å²) in [6, 6.07) is 3.73. The second-order valence-corrected chi connectivity index (χ2v) is 3.99. The highest BCUT2D eigenvalue weighted by atomic mass is 16.3. The Balaban J connectivity index is 1.97. The zero-order valence-electron chi connectivity index (χ0n) is 8.69. The minimum atomic E-state index is 0.205. The number of rotatable bonds is 3. The van der Waals surface area contributed by atoms with Crippen molar-refractivity contribution >= 4 is 5.91 Å². The van der Waals surface area contributed by atoms with E-state index in [0.29, 0.717) is 25.4 Å². The maximum atomic E-state index is 11.6. The molecule has 0 radical (unpaired) electrons. The van der Waals surface area contributed by atoms with Gasteiger partial charge in [0, 0.05) is 13.0 Å². The van der Waals surface area contributed by atoms with Gasteiger partial charge in [-0.15, -0.1) is 0 Å². The molecule has 2 heterocycles. The van der Waals surface area contributed by atoms with E-state index < -0.39 is 0 Å². The zero-order valence-corrected chi connectivity index (χ0v) is 8.69. The highest BCUT2D eigenvalue weighted by Gasteiger charge is 2.25. The van der Waals surface area contributed by atoms with Crippen LogP contribution in [0.1, 0.15) is 18.6 Å². The molecule has 1 aromatic heterocycles. The van der Waals surface area contributed by atoms with E-state index in [4.69, 9.17) is 10.2 Å². The zero-order chi connectivity index (χ0) is 10.7. The Morgan fingerprint density at radius 2 is 2.47 bits per heavy atom. The molecular weight excluding hydrogens is 192 g/mol. The van der Waals surface area contributed by atoms with E-state index in [1.54, 1.807) is 6.26 Å². The Hall–Kier alpha value is -1.29. The van der Waals surface area contributed by atoms with Crippen LogP contribution in [-0.4, -0.2) is 23.9 Å². The van der Waals surface area contributed by atoms with Crippen molar-refractivity contribution in [2.45, 2.75) is 19.4 Å². The van der Waals surface area contributed by atoms with Gasteiger partial charge in [0.2, 0.25) is 5.91 Å². The van der Waals surface area contributed by atoms with Gasteiger partial charge in [0.1, 0.15) is 5.76 Å². The molecule has 82 valence electrons. The van der Waals surface area contributed by atoms with Crippen molar-refractivity contribution in [2.75, 3.05) is 13.1 Å². The third-order valence-corrected chi connectivity index (χ3v) is 2.86. The number of piperidine rings is 1. The molecule has 1 saturated heterocycles. The molecule has 0 aromatic carbocycles. The van der Waals surface area contributed by atoms with Crippen LogP contribution in [0.2, 0.25) is 0 Å². The van der Waals surface area contributed by atoms with Gasteiger partial charge in [0.25, 0.3) is 0 Å². The van der Waals surface area contributed by atoms with Crippen molar-refractivity contribution in [1.82, 2.24) is 4.90 Å². The lowest BCUT2D eigenvalue weighted by Crippen LogP contribution is -2.41. The van der Waals surface area contributed by atoms with Gasteiger partial charge >= 0.3 is 0 Å². The van der Waals surface area contributed by atoms with Crippen LogP contribution in [0.15, 0.2) is 22.8 Å². The fourth-order valence-electron chi connectivity index (χ4n) is 1.93. The van der Waals surface area contributed by atoms with Crippen LogP contribution in [0, 0.1) is 5.92 Å². The largest absolute Gasteiger partial charge is 0.467 e. The summed E-state index contributed by atoms with van der Waals surface area (Å²) in [4.78, 5) is 13.5. The number of hydrogen-bond acceptors (Lipinski definition) is 3. The van der Waals surface area contributed by atoms with Gasteiger partial charge in [-0.05, 0) is 31.0 Å². The first-order chi connectivity index (χ1) is 7.29. The van der Waals surface area contributed by atoms with Crippen LogP contribution in [0.25, 0.3) is 0 Å². The Kier molecular flexibility index (Phi) is 3.06. The lowest BCUT2D eigenvalue weighted by molar-refractivity contribution is -0.135. The van der Waals surface area contributed by atoms with Crippen LogP contribution in [0.3, 0.4) is 0 Å². The maximum absolute atomic E-state index is 11.6. The molecule has 1 amide bonds. The van der Waals surface area contributed by atoms with E-state index in [2.05, 4.69) is 0 Å². The van der Waals surface area contributed by atoms with Crippen molar-refractivity contribution in [2.24, 2.45) is 11.7 Å². The summed E-state index contributed by atoms with van der Waals surface area (Å²) in [6.45, 7) is 1.99. The first-order valence-electron chi connectivity index (χ1n) is 5.30. The highest BCUT2D eigenvalue weighted by molar-refractivity contribution is 5.76. The van der Waals surface area contributed by atoms with Crippen molar-refractivity contribution in [1.29, 1.82) is 0 Å². The van der Waals surface area contributed by atoms with Crippen molar-refractivity contribution < 1.29 is 9.21 Å². The standard InChI is InChI=1S/C11H16N2O2/c12-6-9-3-4-11(14)13(7-9)8-10-2-1-5-15-10/h1-2,5,9H,3-4,6-8,12H2. The molecule has 15 heavy (non-hydrogen) atoms. The quantitative estimate of drug-likeness (QED) is 0.805. The van der Waals surface area contributed by atoms with E-state index in [1.165, 1.54) is 0 Å². The molecule has 0 saturated carbocycles. The Labute approximate surface area is 89.0 Å². The summed E-state index contributed by atoms with van der Waals surface area (Å²) in [6.07, 6.45) is 3.16. The van der Waals surface area contributed by atoms with E-state index in [0.717, 1.165) is 18.7 Å². The third kappa shape index (κ3) is 2.39. The van der Waals surface area contributed by atoms with Gasteiger partial charge in [0.15, 0.2) is 0 Å². The van der Waals surface area contributed by atoms with Gasteiger partial charge in [-0.2, -0.15) is 0 Å². The van der Waals surface area contributed by atoms with E-state index in [9.17, 15) is 4.79 Å². The minimum Gasteiger partial charge on any atom is -0.467 e. The molecule has 2 rings (SSSR count). The predicted octanol–water partition coefficient (Wildman–Crippen LogP) is 0.977. The van der Waals surface area contributed by atoms with Crippen LogP contribution in [-0.2, 0) is 11.3 Å². The second kappa shape index (κ2) is 4.49. The molecule has 4 heteroatoms. The van der Waals surface area contributed by atoms with E-state index in [1.807, 2.05) is 17.0 Å². The summed E-state index contributed by atoms with van der Waals surface area (Å²) in [5, 5.41) is 0. The fraction of sp³-hybridized carbons (Fsp3) is 0.545. The molecule has 0 spiro atoms. The number of amides is 1. The van der Waals surface area contributed by atoms with Crippen molar-refractivity contribution in [3.05, 3.63) is 24.2 Å². The molecule has 1 aromatic rings. The number of hydrogen-bond donors (Lipinski definition) is 1. The molecule has 1 fully saturated rings. The summed E-state index contributed by atoms with van der Waals surface area (Å²) in [5.74, 6) is 1.48. The lowest BCUT2D eigenvalue weighted by Gasteiger charge is -2.31. The van der Waals surface area contributed by atoms with Crippen LogP contribution >= 0.6 is 0 Å². The number of nitrogens with zero attached hydrogens (tertiary/aromatic N) is 1. The molecular formula is C11H16N2O2. The summed E-state index contributed by atoms with van der Waals surface area (Å²) >= 11 is 0.